The lowest BCUT2D eigenvalue weighted by Gasteiger charge is -2.16. The molecular weight excluding hydrogens is 306 g/mol. The summed E-state index contributed by atoms with van der Waals surface area (Å²) in [5, 5.41) is 9.26. The zero-order valence-electron chi connectivity index (χ0n) is 14.2. The van der Waals surface area contributed by atoms with E-state index in [0.29, 0.717) is 18.4 Å². The Balaban J connectivity index is 2.12. The van der Waals surface area contributed by atoms with E-state index in [0.717, 1.165) is 29.4 Å². The van der Waals surface area contributed by atoms with Gasteiger partial charge in [0.05, 0.1) is 6.61 Å². The van der Waals surface area contributed by atoms with Crippen LogP contribution in [-0.2, 0) is 16.0 Å². The Morgan fingerprint density at radius 1 is 1.29 bits per heavy atom. The van der Waals surface area contributed by atoms with Gasteiger partial charge in [-0.15, -0.1) is 10.2 Å². The van der Waals surface area contributed by atoms with Gasteiger partial charge in [-0.25, -0.2) is 4.79 Å². The summed E-state index contributed by atoms with van der Waals surface area (Å²) < 4.78 is 12.9. The van der Waals surface area contributed by atoms with Crippen molar-refractivity contribution in [3.63, 3.8) is 0 Å². The largest absolute Gasteiger partial charge is 0.464 e. The van der Waals surface area contributed by atoms with Gasteiger partial charge in [-0.05, 0) is 32.4 Å². The van der Waals surface area contributed by atoms with Crippen LogP contribution in [0.15, 0.2) is 34.7 Å². The first kappa shape index (κ1) is 16.2. The number of carbonyl (C=O) groups excluding carboxylic acids is 1. The smallest absolute Gasteiger partial charge is 0.328 e. The van der Waals surface area contributed by atoms with Crippen LogP contribution in [0.2, 0.25) is 0 Å². The highest BCUT2D eigenvalue weighted by Gasteiger charge is 2.24. The molecule has 6 nitrogen and oxygen atoms in total. The summed E-state index contributed by atoms with van der Waals surface area (Å²) in [5.41, 5.74) is 1.66. The molecule has 0 aliphatic heterocycles. The molecule has 0 fully saturated rings. The molecule has 0 aliphatic rings. The first-order valence-corrected chi connectivity index (χ1v) is 8.25. The summed E-state index contributed by atoms with van der Waals surface area (Å²) in [4.78, 5) is 12.3. The molecule has 0 N–H and O–H groups in total. The zero-order valence-corrected chi connectivity index (χ0v) is 14.2. The third kappa shape index (κ3) is 2.91. The highest BCUT2D eigenvalue weighted by Crippen LogP contribution is 2.31. The van der Waals surface area contributed by atoms with Crippen molar-refractivity contribution in [2.45, 2.75) is 39.7 Å². The number of nitrogens with zero attached hydrogens (tertiary/aromatic N) is 3. The Morgan fingerprint density at radius 2 is 2.08 bits per heavy atom. The maximum Gasteiger partial charge on any atom is 0.328 e. The molecule has 0 aliphatic carbocycles. The van der Waals surface area contributed by atoms with Gasteiger partial charge in [-0.3, -0.25) is 0 Å². The van der Waals surface area contributed by atoms with Crippen LogP contribution < -0.4 is 0 Å². The van der Waals surface area contributed by atoms with Crippen LogP contribution in [0.1, 0.15) is 39.1 Å². The summed E-state index contributed by atoms with van der Waals surface area (Å²) in [7, 11) is 0. The highest BCUT2D eigenvalue weighted by atomic mass is 16.5. The van der Waals surface area contributed by atoms with Crippen LogP contribution in [-0.4, -0.2) is 27.3 Å². The summed E-state index contributed by atoms with van der Waals surface area (Å²) in [6.07, 6.45) is 1.67. The van der Waals surface area contributed by atoms with E-state index in [-0.39, 0.29) is 5.97 Å². The maximum atomic E-state index is 12.3. The zero-order chi connectivity index (χ0) is 17.1. The van der Waals surface area contributed by atoms with Gasteiger partial charge in [0.1, 0.15) is 11.7 Å². The second kappa shape index (κ2) is 6.86. The third-order valence-corrected chi connectivity index (χ3v) is 3.91. The number of fused-ring (bicyclic) bond motifs is 1. The van der Waals surface area contributed by atoms with Gasteiger partial charge in [-0.2, -0.15) is 0 Å². The summed E-state index contributed by atoms with van der Waals surface area (Å²) in [6, 6.07) is 9.35. The van der Waals surface area contributed by atoms with E-state index in [1.807, 2.05) is 41.8 Å². The van der Waals surface area contributed by atoms with Crippen molar-refractivity contribution >= 4 is 16.9 Å². The number of para-hydroxylation sites is 1. The van der Waals surface area contributed by atoms with Crippen molar-refractivity contribution in [3.05, 3.63) is 36.2 Å². The van der Waals surface area contributed by atoms with Crippen LogP contribution in [0, 0.1) is 0 Å². The summed E-state index contributed by atoms with van der Waals surface area (Å²) in [6.45, 7) is 6.02. The molecule has 1 atom stereocenters. The third-order valence-electron chi connectivity index (χ3n) is 3.91. The minimum atomic E-state index is -0.485. The van der Waals surface area contributed by atoms with Gasteiger partial charge in [0.25, 0.3) is 5.89 Å². The maximum absolute atomic E-state index is 12.3. The van der Waals surface area contributed by atoms with Crippen molar-refractivity contribution in [2.24, 2.45) is 0 Å². The fraction of sp³-hybridized carbons (Fsp3) is 0.389. The molecule has 126 valence electrons. The van der Waals surface area contributed by atoms with Crippen molar-refractivity contribution in [1.82, 2.24) is 14.8 Å². The number of benzene rings is 1. The van der Waals surface area contributed by atoms with E-state index in [2.05, 4.69) is 17.1 Å². The molecule has 3 rings (SSSR count). The van der Waals surface area contributed by atoms with Crippen molar-refractivity contribution in [1.29, 1.82) is 0 Å². The van der Waals surface area contributed by atoms with E-state index in [1.165, 1.54) is 0 Å². The van der Waals surface area contributed by atoms with Crippen LogP contribution >= 0.6 is 0 Å². The van der Waals surface area contributed by atoms with Gasteiger partial charge in [0.2, 0.25) is 5.89 Å². The second-order valence-electron chi connectivity index (χ2n) is 5.64. The lowest BCUT2D eigenvalue weighted by atomic mass is 10.2. The molecule has 2 heterocycles. The monoisotopic (exact) mass is 327 g/mol. The molecule has 0 saturated heterocycles. The van der Waals surface area contributed by atoms with E-state index in [4.69, 9.17) is 9.15 Å². The number of aryl methyl sites for hydroxylation is 1. The number of hydrogen-bond acceptors (Lipinski definition) is 5. The fourth-order valence-electron chi connectivity index (χ4n) is 2.80. The Hall–Kier alpha value is -2.63. The Bertz CT molecular complexity index is 850. The van der Waals surface area contributed by atoms with E-state index in [9.17, 15) is 4.79 Å². The molecule has 2 aromatic heterocycles. The molecule has 1 aromatic carbocycles. The van der Waals surface area contributed by atoms with Crippen molar-refractivity contribution < 1.29 is 13.9 Å². The Kier molecular flexibility index (Phi) is 4.64. The van der Waals surface area contributed by atoms with E-state index < -0.39 is 6.04 Å². The van der Waals surface area contributed by atoms with Crippen LogP contribution in [0.4, 0.5) is 0 Å². The molecule has 0 bridgehead atoms. The van der Waals surface area contributed by atoms with E-state index in [1.54, 1.807) is 6.92 Å². The molecular formula is C18H21N3O3. The van der Waals surface area contributed by atoms with Gasteiger partial charge in [-0.1, -0.05) is 25.1 Å². The number of aromatic nitrogens is 3. The van der Waals surface area contributed by atoms with Gasteiger partial charge in [0, 0.05) is 17.3 Å². The molecule has 0 amide bonds. The summed E-state index contributed by atoms with van der Waals surface area (Å²) in [5.74, 6) is 0.743. The number of rotatable bonds is 6. The topological polar surface area (TPSA) is 70.2 Å². The van der Waals surface area contributed by atoms with E-state index >= 15 is 0 Å². The molecule has 0 spiro atoms. The average molecular weight is 327 g/mol. The first-order chi connectivity index (χ1) is 11.7. The fourth-order valence-corrected chi connectivity index (χ4v) is 2.80. The normalized spacial score (nSPS) is 12.5. The van der Waals surface area contributed by atoms with Gasteiger partial charge < -0.3 is 13.7 Å². The van der Waals surface area contributed by atoms with Crippen LogP contribution in [0.5, 0.6) is 0 Å². The van der Waals surface area contributed by atoms with Crippen LogP contribution in [0.3, 0.4) is 0 Å². The second-order valence-corrected chi connectivity index (χ2v) is 5.64. The van der Waals surface area contributed by atoms with Gasteiger partial charge >= 0.3 is 5.97 Å². The predicted octanol–water partition coefficient (Wildman–Crippen LogP) is 3.77. The quantitative estimate of drug-likeness (QED) is 0.645. The number of hydrogen-bond donors (Lipinski definition) is 0. The SMILES string of the molecule is CCCc1nnc(-c2cc3ccccc3n2C(C)C(=O)OCC)o1. The highest BCUT2D eigenvalue weighted by molar-refractivity contribution is 5.88. The number of esters is 1. The Morgan fingerprint density at radius 3 is 2.83 bits per heavy atom. The average Bonchev–Trinajstić information content (AvgIpc) is 3.18. The molecule has 0 saturated carbocycles. The minimum absolute atomic E-state index is 0.284. The standard InChI is InChI=1S/C18H21N3O3/c1-4-8-16-19-20-17(24-16)15-11-13-9-6-7-10-14(13)21(15)12(3)18(22)23-5-2/h6-7,9-12H,4-5,8H2,1-3H3. The number of ether oxygens (including phenoxy) is 1. The lowest BCUT2D eigenvalue weighted by molar-refractivity contribution is -0.146. The van der Waals surface area contributed by atoms with Gasteiger partial charge in [0.15, 0.2) is 0 Å². The predicted molar refractivity (Wildman–Crippen MR) is 90.6 cm³/mol. The Labute approximate surface area is 140 Å². The molecule has 1 unspecified atom stereocenters. The number of carbonyl (C=O) groups is 1. The molecule has 24 heavy (non-hydrogen) atoms. The molecule has 3 aromatic rings. The van der Waals surface area contributed by atoms with Crippen molar-refractivity contribution in [3.8, 4) is 11.6 Å². The lowest BCUT2D eigenvalue weighted by Crippen LogP contribution is -2.19. The van der Waals surface area contributed by atoms with Crippen LogP contribution in [0.25, 0.3) is 22.5 Å². The first-order valence-electron chi connectivity index (χ1n) is 8.25. The molecule has 0 radical (unpaired) electrons. The molecule has 6 heteroatoms. The van der Waals surface area contributed by atoms with Crippen molar-refractivity contribution in [2.75, 3.05) is 6.61 Å². The minimum Gasteiger partial charge on any atom is -0.464 e. The summed E-state index contributed by atoms with van der Waals surface area (Å²) >= 11 is 0.